The molecular formula is C24H31F3N4O4. The Hall–Kier alpha value is -2.82. The highest BCUT2D eigenvalue weighted by Gasteiger charge is 2.51. The number of urea groups is 1. The third-order valence-electron chi connectivity index (χ3n) is 7.49. The zero-order chi connectivity index (χ0) is 25.4. The predicted molar refractivity (Wildman–Crippen MR) is 121 cm³/mol. The first kappa shape index (κ1) is 25.3. The van der Waals surface area contributed by atoms with Crippen LogP contribution >= 0.6 is 0 Å². The van der Waals surface area contributed by atoms with E-state index in [0.29, 0.717) is 26.1 Å². The van der Waals surface area contributed by atoms with Gasteiger partial charge in [0.2, 0.25) is 11.8 Å². The average Bonchev–Trinajstić information content (AvgIpc) is 3.59. The molecule has 3 fully saturated rings. The van der Waals surface area contributed by atoms with Crippen LogP contribution in [0.5, 0.6) is 0 Å². The van der Waals surface area contributed by atoms with Crippen molar-refractivity contribution in [3.63, 3.8) is 0 Å². The molecule has 8 nitrogen and oxygen atoms in total. The zero-order valence-electron chi connectivity index (χ0n) is 19.7. The smallest absolute Gasteiger partial charge is 0.391 e. The number of anilines is 1. The van der Waals surface area contributed by atoms with E-state index in [0.717, 1.165) is 31.4 Å². The van der Waals surface area contributed by atoms with Gasteiger partial charge in [-0.1, -0.05) is 6.07 Å². The van der Waals surface area contributed by atoms with Gasteiger partial charge in [-0.2, -0.15) is 13.2 Å². The number of carbonyl (C=O) groups excluding carboxylic acids is 3. The van der Waals surface area contributed by atoms with Gasteiger partial charge in [0.25, 0.3) is 0 Å². The number of likely N-dealkylation sites (tertiary alicyclic amines) is 1. The van der Waals surface area contributed by atoms with Crippen LogP contribution in [0, 0.1) is 5.41 Å². The Kier molecular flexibility index (Phi) is 6.99. The van der Waals surface area contributed by atoms with Crippen molar-refractivity contribution in [3.05, 3.63) is 29.8 Å². The van der Waals surface area contributed by atoms with Crippen molar-refractivity contribution in [3.8, 4) is 0 Å². The van der Waals surface area contributed by atoms with E-state index in [1.54, 1.807) is 16.7 Å². The van der Waals surface area contributed by atoms with Crippen molar-refractivity contribution in [1.82, 2.24) is 14.7 Å². The Morgan fingerprint density at radius 2 is 1.91 bits per heavy atom. The van der Waals surface area contributed by atoms with Gasteiger partial charge in [-0.25, -0.2) is 4.79 Å². The second kappa shape index (κ2) is 9.67. The maximum absolute atomic E-state index is 12.9. The number of halogens is 3. The number of nitrogens with one attached hydrogen (secondary N) is 1. The second-order valence-electron chi connectivity index (χ2n) is 9.77. The van der Waals surface area contributed by atoms with Crippen LogP contribution in [-0.4, -0.2) is 82.5 Å². The van der Waals surface area contributed by atoms with Crippen LogP contribution in [0.1, 0.15) is 44.6 Å². The average molecular weight is 497 g/mol. The van der Waals surface area contributed by atoms with Crippen molar-refractivity contribution in [2.45, 2.75) is 57.3 Å². The van der Waals surface area contributed by atoms with E-state index in [4.69, 9.17) is 0 Å². The summed E-state index contributed by atoms with van der Waals surface area (Å²) >= 11 is 0. The van der Waals surface area contributed by atoms with Crippen LogP contribution in [0.4, 0.5) is 23.7 Å². The minimum atomic E-state index is -4.52. The van der Waals surface area contributed by atoms with Crippen LogP contribution in [0.15, 0.2) is 24.3 Å². The molecule has 4 amide bonds. The molecule has 1 aromatic carbocycles. The quantitative estimate of drug-likeness (QED) is 0.656. The Labute approximate surface area is 202 Å². The fourth-order valence-corrected chi connectivity index (χ4v) is 4.97. The van der Waals surface area contributed by atoms with E-state index in [1.165, 1.54) is 17.0 Å². The maximum atomic E-state index is 12.9. The van der Waals surface area contributed by atoms with Gasteiger partial charge >= 0.3 is 12.2 Å². The molecule has 35 heavy (non-hydrogen) atoms. The largest absolute Gasteiger partial charge is 0.416 e. The summed E-state index contributed by atoms with van der Waals surface area (Å²) < 4.78 is 38.7. The standard InChI is InChI=1S/C24H31F3N4O4/c1-16-21(34)29(10-3-6-20(33)30-11-9-23(7-8-23)19(32)15-30)12-13-31(16)22(35)28-18-5-2-4-17(14-18)24(25,26)27/h2,4-5,14,16,19,32H,3,6-13,15H2,1H3,(H,28,35)/t16-,19+/m0/s1. The topological polar surface area (TPSA) is 93.2 Å². The fraction of sp³-hybridized carbons (Fsp3) is 0.625. The highest BCUT2D eigenvalue weighted by Crippen LogP contribution is 2.53. The summed E-state index contributed by atoms with van der Waals surface area (Å²) in [6.45, 7) is 3.48. The number of hydrogen-bond donors (Lipinski definition) is 2. The van der Waals surface area contributed by atoms with Crippen molar-refractivity contribution < 1.29 is 32.7 Å². The number of aliphatic hydroxyl groups excluding tert-OH is 1. The number of carbonyl (C=O) groups is 3. The maximum Gasteiger partial charge on any atom is 0.416 e. The van der Waals surface area contributed by atoms with E-state index in [-0.39, 0.29) is 42.4 Å². The molecule has 2 aliphatic heterocycles. The molecule has 4 rings (SSSR count). The molecule has 0 aromatic heterocycles. The zero-order valence-corrected chi connectivity index (χ0v) is 19.7. The van der Waals surface area contributed by atoms with E-state index in [1.807, 2.05) is 0 Å². The molecule has 0 radical (unpaired) electrons. The number of piperazine rings is 1. The number of nitrogens with zero attached hydrogens (tertiary/aromatic N) is 3. The summed E-state index contributed by atoms with van der Waals surface area (Å²) in [5.41, 5.74) is -0.836. The molecule has 1 aliphatic carbocycles. The lowest BCUT2D eigenvalue weighted by Gasteiger charge is -2.39. The summed E-state index contributed by atoms with van der Waals surface area (Å²) in [7, 11) is 0. The lowest BCUT2D eigenvalue weighted by atomic mass is 9.90. The van der Waals surface area contributed by atoms with E-state index in [2.05, 4.69) is 5.32 Å². The predicted octanol–water partition coefficient (Wildman–Crippen LogP) is 2.92. The fourth-order valence-electron chi connectivity index (χ4n) is 4.97. The number of hydrogen-bond acceptors (Lipinski definition) is 4. The molecule has 192 valence electrons. The molecule has 1 spiro atoms. The number of benzene rings is 1. The Morgan fingerprint density at radius 3 is 2.57 bits per heavy atom. The first-order valence-corrected chi connectivity index (χ1v) is 12.0. The van der Waals surface area contributed by atoms with E-state index < -0.39 is 29.9 Å². The Morgan fingerprint density at radius 1 is 1.17 bits per heavy atom. The third kappa shape index (κ3) is 5.55. The molecule has 2 heterocycles. The second-order valence-corrected chi connectivity index (χ2v) is 9.77. The summed E-state index contributed by atoms with van der Waals surface area (Å²) in [4.78, 5) is 42.6. The van der Waals surface area contributed by atoms with Gasteiger partial charge in [-0.3, -0.25) is 9.59 Å². The summed E-state index contributed by atoms with van der Waals surface area (Å²) in [6, 6.07) is 2.92. The molecule has 11 heteroatoms. The van der Waals surface area contributed by atoms with Crippen LogP contribution in [0.25, 0.3) is 0 Å². The lowest BCUT2D eigenvalue weighted by Crippen LogP contribution is -2.58. The van der Waals surface area contributed by atoms with Gasteiger partial charge in [-0.15, -0.1) is 0 Å². The normalized spacial score (nSPS) is 24.0. The van der Waals surface area contributed by atoms with Crippen LogP contribution < -0.4 is 5.32 Å². The minimum absolute atomic E-state index is 0.000790. The minimum Gasteiger partial charge on any atom is -0.391 e. The van der Waals surface area contributed by atoms with E-state index in [9.17, 15) is 32.7 Å². The molecule has 2 N–H and O–H groups in total. The Bertz CT molecular complexity index is 982. The van der Waals surface area contributed by atoms with Crippen LogP contribution in [-0.2, 0) is 15.8 Å². The van der Waals surface area contributed by atoms with Crippen molar-refractivity contribution in [2.24, 2.45) is 5.41 Å². The molecule has 2 saturated heterocycles. The molecule has 0 bridgehead atoms. The highest BCUT2D eigenvalue weighted by molar-refractivity contribution is 5.94. The van der Waals surface area contributed by atoms with Crippen LogP contribution in [0.2, 0.25) is 0 Å². The third-order valence-corrected chi connectivity index (χ3v) is 7.49. The number of rotatable bonds is 5. The van der Waals surface area contributed by atoms with Crippen molar-refractivity contribution in [2.75, 3.05) is 38.0 Å². The number of piperidine rings is 1. The molecule has 1 aromatic rings. The van der Waals surface area contributed by atoms with Gasteiger partial charge in [0, 0.05) is 44.8 Å². The van der Waals surface area contributed by atoms with E-state index >= 15 is 0 Å². The molecule has 1 saturated carbocycles. The van der Waals surface area contributed by atoms with Crippen molar-refractivity contribution in [1.29, 1.82) is 0 Å². The van der Waals surface area contributed by atoms with Crippen molar-refractivity contribution >= 4 is 23.5 Å². The summed E-state index contributed by atoms with van der Waals surface area (Å²) in [5, 5.41) is 12.7. The van der Waals surface area contributed by atoms with Gasteiger partial charge in [0.15, 0.2) is 0 Å². The summed E-state index contributed by atoms with van der Waals surface area (Å²) in [5.74, 6) is -0.300. The number of aliphatic hydroxyl groups is 1. The number of alkyl halides is 3. The van der Waals surface area contributed by atoms with Gasteiger partial charge in [-0.05, 0) is 56.2 Å². The molecule has 2 atom stereocenters. The highest BCUT2D eigenvalue weighted by atomic mass is 19.4. The molecule has 0 unspecified atom stereocenters. The monoisotopic (exact) mass is 496 g/mol. The molecular weight excluding hydrogens is 465 g/mol. The number of β-amino-alcohol motifs (C(OH)–C–C–N with tert-alkyl or cyclic N) is 1. The number of amides is 4. The Balaban J connectivity index is 1.24. The van der Waals surface area contributed by atoms with Gasteiger partial charge < -0.3 is 25.1 Å². The first-order valence-electron chi connectivity index (χ1n) is 12.0. The SMILES string of the molecule is C[C@H]1C(=O)N(CCCC(=O)N2CCC3(CC3)[C@H](O)C2)CCN1C(=O)Nc1cccc(C(F)(F)F)c1. The van der Waals surface area contributed by atoms with Gasteiger partial charge in [0.1, 0.15) is 6.04 Å². The van der Waals surface area contributed by atoms with Gasteiger partial charge in [0.05, 0.1) is 11.7 Å². The van der Waals surface area contributed by atoms with Crippen LogP contribution in [0.3, 0.4) is 0 Å². The first-order chi connectivity index (χ1) is 16.5. The lowest BCUT2D eigenvalue weighted by molar-refractivity contribution is -0.140. The summed E-state index contributed by atoms with van der Waals surface area (Å²) in [6.07, 6.45) is -1.34. The molecule has 3 aliphatic rings.